The Morgan fingerprint density at radius 3 is 2.58 bits per heavy atom. The maximum Gasteiger partial charge on any atom is 0.261 e. The second-order valence-corrected chi connectivity index (χ2v) is 8.31. The molecule has 24 heavy (non-hydrogen) atoms. The van der Waals surface area contributed by atoms with Gasteiger partial charge in [0.15, 0.2) is 0 Å². The second-order valence-electron chi connectivity index (χ2n) is 5.71. The van der Waals surface area contributed by atoms with Crippen LogP contribution < -0.4 is 9.62 Å². The van der Waals surface area contributed by atoms with Gasteiger partial charge in [0.25, 0.3) is 10.0 Å². The third-order valence-electron chi connectivity index (χ3n) is 3.92. The predicted octanol–water partition coefficient (Wildman–Crippen LogP) is 3.69. The minimum absolute atomic E-state index is 0.112. The van der Waals surface area contributed by atoms with Gasteiger partial charge in [0, 0.05) is 28.8 Å². The number of nitrogens with one attached hydrogen (secondary N) is 1. The van der Waals surface area contributed by atoms with Crippen LogP contribution in [0, 0.1) is 6.92 Å². The zero-order valence-electron chi connectivity index (χ0n) is 13.1. The molecule has 1 amide bonds. The molecule has 0 saturated carbocycles. The number of carbonyl (C=O) groups excluding carboxylic acids is 1. The van der Waals surface area contributed by atoms with Crippen molar-refractivity contribution in [1.29, 1.82) is 0 Å². The van der Waals surface area contributed by atoms with E-state index in [9.17, 15) is 13.2 Å². The van der Waals surface area contributed by atoms with E-state index in [-0.39, 0.29) is 10.8 Å². The first-order valence-corrected chi connectivity index (χ1v) is 9.84. The number of anilines is 2. The molecule has 0 aromatic heterocycles. The summed E-state index contributed by atoms with van der Waals surface area (Å²) < 4.78 is 28.2. The molecule has 7 heteroatoms. The van der Waals surface area contributed by atoms with Crippen molar-refractivity contribution >= 4 is 43.2 Å². The number of halogens is 1. The maximum atomic E-state index is 12.5. The average Bonchev–Trinajstić information content (AvgIpc) is 2.93. The van der Waals surface area contributed by atoms with Crippen molar-refractivity contribution in [2.45, 2.75) is 24.7 Å². The van der Waals surface area contributed by atoms with Crippen molar-refractivity contribution in [1.82, 2.24) is 0 Å². The van der Waals surface area contributed by atoms with Gasteiger partial charge < -0.3 is 4.90 Å². The Morgan fingerprint density at radius 1 is 1.17 bits per heavy atom. The van der Waals surface area contributed by atoms with E-state index in [1.807, 2.05) is 6.92 Å². The van der Waals surface area contributed by atoms with Crippen LogP contribution in [0.4, 0.5) is 11.4 Å². The maximum absolute atomic E-state index is 12.5. The predicted molar refractivity (Wildman–Crippen MR) is 97.7 cm³/mol. The minimum atomic E-state index is -3.66. The molecule has 5 nitrogen and oxygen atoms in total. The van der Waals surface area contributed by atoms with Gasteiger partial charge in [0.2, 0.25) is 5.91 Å². The van der Waals surface area contributed by atoms with Gasteiger partial charge in [-0.2, -0.15) is 0 Å². The largest absolute Gasteiger partial charge is 0.312 e. The molecule has 2 aromatic rings. The lowest BCUT2D eigenvalue weighted by molar-refractivity contribution is -0.117. The third-order valence-corrected chi connectivity index (χ3v) is 5.79. The molecule has 0 spiro atoms. The Hall–Kier alpha value is -1.86. The quantitative estimate of drug-likeness (QED) is 0.838. The standard InChI is InChI=1S/C17H17BrN2O3S/c1-12-10-14(7-8-16(12)20-9-3-6-17(20)21)19-24(22,23)15-5-2-4-13(18)11-15/h2,4-5,7-8,10-11,19H,3,6,9H2,1H3. The summed E-state index contributed by atoms with van der Waals surface area (Å²) in [6.07, 6.45) is 1.42. The van der Waals surface area contributed by atoms with E-state index in [1.54, 1.807) is 41.3 Å². The summed E-state index contributed by atoms with van der Waals surface area (Å²) in [7, 11) is -3.66. The molecule has 0 unspecified atom stereocenters. The van der Waals surface area contributed by atoms with Gasteiger partial charge in [-0.15, -0.1) is 0 Å². The SMILES string of the molecule is Cc1cc(NS(=O)(=O)c2cccc(Br)c2)ccc1N1CCCC1=O. The number of carbonyl (C=O) groups is 1. The molecule has 1 saturated heterocycles. The number of sulfonamides is 1. The van der Waals surface area contributed by atoms with Crippen LogP contribution in [-0.4, -0.2) is 20.9 Å². The number of aryl methyl sites for hydroxylation is 1. The lowest BCUT2D eigenvalue weighted by Gasteiger charge is -2.19. The molecule has 1 aliphatic heterocycles. The summed E-state index contributed by atoms with van der Waals surface area (Å²) in [4.78, 5) is 13.8. The van der Waals surface area contributed by atoms with E-state index in [0.29, 0.717) is 23.1 Å². The van der Waals surface area contributed by atoms with Gasteiger partial charge in [-0.1, -0.05) is 22.0 Å². The molecular weight excluding hydrogens is 392 g/mol. The van der Waals surface area contributed by atoms with E-state index in [2.05, 4.69) is 20.7 Å². The van der Waals surface area contributed by atoms with Crippen LogP contribution >= 0.6 is 15.9 Å². The highest BCUT2D eigenvalue weighted by atomic mass is 79.9. The highest BCUT2D eigenvalue weighted by Gasteiger charge is 2.23. The summed E-state index contributed by atoms with van der Waals surface area (Å²) in [5.74, 6) is 0.112. The van der Waals surface area contributed by atoms with Crippen molar-refractivity contribution in [2.75, 3.05) is 16.2 Å². The smallest absolute Gasteiger partial charge is 0.261 e. The summed E-state index contributed by atoms with van der Waals surface area (Å²) in [6, 6.07) is 11.7. The highest BCUT2D eigenvalue weighted by molar-refractivity contribution is 9.10. The van der Waals surface area contributed by atoms with Crippen molar-refractivity contribution < 1.29 is 13.2 Å². The van der Waals surface area contributed by atoms with Crippen LogP contribution in [0.2, 0.25) is 0 Å². The molecule has 2 aromatic carbocycles. The first-order chi connectivity index (χ1) is 11.4. The van der Waals surface area contributed by atoms with Gasteiger partial charge in [-0.3, -0.25) is 9.52 Å². The Bertz CT molecular complexity index is 896. The van der Waals surface area contributed by atoms with Crippen molar-refractivity contribution in [3.05, 3.63) is 52.5 Å². The van der Waals surface area contributed by atoms with Crippen molar-refractivity contribution in [2.24, 2.45) is 0 Å². The average molecular weight is 409 g/mol. The minimum Gasteiger partial charge on any atom is -0.312 e. The first kappa shape index (κ1) is 17.0. The van der Waals surface area contributed by atoms with Crippen molar-refractivity contribution in [3.63, 3.8) is 0 Å². The zero-order chi connectivity index (χ0) is 17.3. The first-order valence-electron chi connectivity index (χ1n) is 7.56. The molecule has 1 aliphatic rings. The van der Waals surface area contributed by atoms with Gasteiger partial charge >= 0.3 is 0 Å². The summed E-state index contributed by atoms with van der Waals surface area (Å²) >= 11 is 3.27. The zero-order valence-corrected chi connectivity index (χ0v) is 15.5. The fourth-order valence-electron chi connectivity index (χ4n) is 2.77. The van der Waals surface area contributed by atoms with Gasteiger partial charge in [-0.25, -0.2) is 8.42 Å². The number of amides is 1. The summed E-state index contributed by atoms with van der Waals surface area (Å²) in [5.41, 5.74) is 2.17. The van der Waals surface area contributed by atoms with E-state index in [0.717, 1.165) is 17.7 Å². The van der Waals surface area contributed by atoms with E-state index < -0.39 is 10.0 Å². The van der Waals surface area contributed by atoms with Crippen LogP contribution in [-0.2, 0) is 14.8 Å². The van der Waals surface area contributed by atoms with Crippen LogP contribution in [0.15, 0.2) is 51.8 Å². The van der Waals surface area contributed by atoms with Crippen LogP contribution in [0.5, 0.6) is 0 Å². The molecule has 1 fully saturated rings. The van der Waals surface area contributed by atoms with Gasteiger partial charge in [-0.05, 0) is 55.3 Å². The monoisotopic (exact) mass is 408 g/mol. The fraction of sp³-hybridized carbons (Fsp3) is 0.235. The Labute approximate surface area is 149 Å². The van der Waals surface area contributed by atoms with Crippen LogP contribution in [0.3, 0.4) is 0 Å². The van der Waals surface area contributed by atoms with Crippen molar-refractivity contribution in [3.8, 4) is 0 Å². The molecule has 0 bridgehead atoms. The molecule has 0 aliphatic carbocycles. The molecular formula is C17H17BrN2O3S. The fourth-order valence-corrected chi connectivity index (χ4v) is 4.42. The van der Waals surface area contributed by atoms with Crippen LogP contribution in [0.1, 0.15) is 18.4 Å². The summed E-state index contributed by atoms with van der Waals surface area (Å²) in [6.45, 7) is 2.58. The lowest BCUT2D eigenvalue weighted by Crippen LogP contribution is -2.24. The molecule has 126 valence electrons. The molecule has 0 radical (unpaired) electrons. The molecule has 0 atom stereocenters. The Balaban J connectivity index is 1.86. The van der Waals surface area contributed by atoms with Gasteiger partial charge in [0.1, 0.15) is 0 Å². The van der Waals surface area contributed by atoms with E-state index in [4.69, 9.17) is 0 Å². The number of hydrogen-bond acceptors (Lipinski definition) is 3. The van der Waals surface area contributed by atoms with Gasteiger partial charge in [0.05, 0.1) is 4.90 Å². The number of nitrogens with zero attached hydrogens (tertiary/aromatic N) is 1. The van der Waals surface area contributed by atoms with Crippen LogP contribution in [0.25, 0.3) is 0 Å². The highest BCUT2D eigenvalue weighted by Crippen LogP contribution is 2.28. The molecule has 1 N–H and O–H groups in total. The number of benzene rings is 2. The molecule has 3 rings (SSSR count). The topological polar surface area (TPSA) is 66.5 Å². The normalized spacial score (nSPS) is 14.9. The second kappa shape index (κ2) is 6.57. The Morgan fingerprint density at radius 2 is 1.96 bits per heavy atom. The van der Waals surface area contributed by atoms with E-state index >= 15 is 0 Å². The summed E-state index contributed by atoms with van der Waals surface area (Å²) in [5, 5.41) is 0. The van der Waals surface area contributed by atoms with E-state index in [1.165, 1.54) is 6.07 Å². The lowest BCUT2D eigenvalue weighted by atomic mass is 10.1. The number of hydrogen-bond donors (Lipinski definition) is 1. The Kier molecular flexibility index (Phi) is 4.64. The molecule has 1 heterocycles. The number of rotatable bonds is 4. The third kappa shape index (κ3) is 3.47.